The van der Waals surface area contributed by atoms with Crippen LogP contribution in [0.3, 0.4) is 0 Å². The van der Waals surface area contributed by atoms with Crippen molar-refractivity contribution in [3.8, 4) is 0 Å². The number of benzene rings is 1. The predicted molar refractivity (Wildman–Crippen MR) is 47.0 cm³/mol. The summed E-state index contributed by atoms with van der Waals surface area (Å²) in [4.78, 5) is 0. The molecule has 0 saturated heterocycles. The molecular formula is C10H9F4N. The highest BCUT2D eigenvalue weighted by Crippen LogP contribution is 2.33. The van der Waals surface area contributed by atoms with Crippen LogP contribution in [0, 0.1) is 0 Å². The fourth-order valence-electron chi connectivity index (χ4n) is 1.68. The topological polar surface area (TPSA) is 12.0 Å². The van der Waals surface area contributed by atoms with Crippen LogP contribution in [-0.4, -0.2) is 6.54 Å². The third-order valence-electron chi connectivity index (χ3n) is 2.45. The first kappa shape index (κ1) is 10.4. The molecule has 0 radical (unpaired) electrons. The van der Waals surface area contributed by atoms with Crippen molar-refractivity contribution in [2.45, 2.75) is 18.9 Å². The molecule has 1 atom stereocenters. The Hall–Kier alpha value is -1.10. The van der Waals surface area contributed by atoms with E-state index >= 15 is 0 Å². The Morgan fingerprint density at radius 2 is 2.00 bits per heavy atom. The van der Waals surface area contributed by atoms with Gasteiger partial charge in [-0.25, -0.2) is 4.39 Å². The first-order valence-corrected chi connectivity index (χ1v) is 4.53. The van der Waals surface area contributed by atoms with Gasteiger partial charge < -0.3 is 5.32 Å². The molecule has 0 aromatic heterocycles. The Morgan fingerprint density at radius 1 is 1.27 bits per heavy atom. The van der Waals surface area contributed by atoms with E-state index in [4.69, 9.17) is 0 Å². The summed E-state index contributed by atoms with van der Waals surface area (Å²) in [7, 11) is 0. The Bertz CT molecular complexity index is 372. The van der Waals surface area contributed by atoms with Crippen molar-refractivity contribution in [2.24, 2.45) is 0 Å². The van der Waals surface area contributed by atoms with E-state index < -0.39 is 17.9 Å². The standard InChI is InChI=1S/C10H9F4N/c11-9-5-15-4-6-3-7(10(12,13)14)1-2-8(6)9/h1-3,9,15H,4-5H2. The van der Waals surface area contributed by atoms with Gasteiger partial charge in [0.25, 0.3) is 0 Å². The summed E-state index contributed by atoms with van der Waals surface area (Å²) >= 11 is 0. The molecule has 1 N–H and O–H groups in total. The normalized spacial score (nSPS) is 21.2. The highest BCUT2D eigenvalue weighted by molar-refractivity contribution is 5.36. The monoisotopic (exact) mass is 219 g/mol. The van der Waals surface area contributed by atoms with E-state index in [-0.39, 0.29) is 6.54 Å². The molecule has 0 amide bonds. The number of hydrogen-bond acceptors (Lipinski definition) is 1. The molecule has 0 saturated carbocycles. The summed E-state index contributed by atoms with van der Waals surface area (Å²) in [5.74, 6) is 0. The maximum absolute atomic E-state index is 13.3. The van der Waals surface area contributed by atoms with Crippen LogP contribution in [0.15, 0.2) is 18.2 Å². The fourth-order valence-corrected chi connectivity index (χ4v) is 1.68. The maximum Gasteiger partial charge on any atom is 0.416 e. The van der Waals surface area contributed by atoms with E-state index in [1.54, 1.807) is 0 Å². The van der Waals surface area contributed by atoms with E-state index in [0.717, 1.165) is 12.1 Å². The van der Waals surface area contributed by atoms with Gasteiger partial charge in [-0.2, -0.15) is 13.2 Å². The number of alkyl halides is 4. The van der Waals surface area contributed by atoms with Crippen molar-refractivity contribution in [3.05, 3.63) is 34.9 Å². The number of fused-ring (bicyclic) bond motifs is 1. The van der Waals surface area contributed by atoms with E-state index in [1.165, 1.54) is 6.07 Å². The minimum atomic E-state index is -4.36. The molecule has 15 heavy (non-hydrogen) atoms. The van der Waals surface area contributed by atoms with Gasteiger partial charge in [-0.05, 0) is 23.3 Å². The van der Waals surface area contributed by atoms with Gasteiger partial charge in [0.2, 0.25) is 0 Å². The second-order valence-corrected chi connectivity index (χ2v) is 3.51. The van der Waals surface area contributed by atoms with E-state index in [2.05, 4.69) is 5.32 Å². The van der Waals surface area contributed by atoms with Crippen molar-refractivity contribution < 1.29 is 17.6 Å². The number of halogens is 4. The lowest BCUT2D eigenvalue weighted by Crippen LogP contribution is -2.26. The quantitative estimate of drug-likeness (QED) is 0.661. The molecule has 0 aliphatic carbocycles. The molecule has 5 heteroatoms. The molecule has 1 nitrogen and oxygen atoms in total. The molecule has 0 spiro atoms. The van der Waals surface area contributed by atoms with Crippen LogP contribution in [0.5, 0.6) is 0 Å². The Kier molecular flexibility index (Phi) is 2.42. The van der Waals surface area contributed by atoms with Gasteiger partial charge >= 0.3 is 6.18 Å². The summed E-state index contributed by atoms with van der Waals surface area (Å²) in [5.41, 5.74) is 0.0301. The van der Waals surface area contributed by atoms with Crippen LogP contribution in [0.1, 0.15) is 22.9 Å². The summed E-state index contributed by atoms with van der Waals surface area (Å²) in [5, 5.41) is 2.73. The molecule has 1 aromatic carbocycles. The highest BCUT2D eigenvalue weighted by Gasteiger charge is 2.32. The minimum absolute atomic E-state index is 0.165. The zero-order valence-corrected chi connectivity index (χ0v) is 7.74. The summed E-state index contributed by atoms with van der Waals surface area (Å²) < 4.78 is 50.3. The Labute approximate surface area is 84.1 Å². The van der Waals surface area contributed by atoms with Crippen LogP contribution in [-0.2, 0) is 12.7 Å². The van der Waals surface area contributed by atoms with Gasteiger partial charge in [-0.15, -0.1) is 0 Å². The van der Waals surface area contributed by atoms with Crippen molar-refractivity contribution in [2.75, 3.05) is 6.54 Å². The average Bonchev–Trinajstić information content (AvgIpc) is 2.16. The summed E-state index contributed by atoms with van der Waals surface area (Å²) in [6.45, 7) is 0.456. The maximum atomic E-state index is 13.3. The number of nitrogens with one attached hydrogen (secondary N) is 1. The van der Waals surface area contributed by atoms with Gasteiger partial charge in [-0.1, -0.05) is 6.07 Å². The first-order chi connectivity index (χ1) is 6.98. The Balaban J connectivity index is 2.42. The number of hydrogen-bond donors (Lipinski definition) is 1. The van der Waals surface area contributed by atoms with Gasteiger partial charge in [0.15, 0.2) is 0 Å². The zero-order chi connectivity index (χ0) is 11.1. The van der Waals surface area contributed by atoms with Crippen LogP contribution >= 0.6 is 0 Å². The second-order valence-electron chi connectivity index (χ2n) is 3.51. The second kappa shape index (κ2) is 3.48. The molecule has 1 aliphatic heterocycles. The van der Waals surface area contributed by atoms with Crippen molar-refractivity contribution >= 4 is 0 Å². The van der Waals surface area contributed by atoms with Gasteiger partial charge in [0.05, 0.1) is 5.56 Å². The third kappa shape index (κ3) is 1.97. The lowest BCUT2D eigenvalue weighted by atomic mass is 9.97. The van der Waals surface area contributed by atoms with Crippen molar-refractivity contribution in [3.63, 3.8) is 0 Å². The molecule has 0 bridgehead atoms. The summed E-state index contributed by atoms with van der Waals surface area (Å²) in [6.07, 6.45) is -5.57. The Morgan fingerprint density at radius 3 is 2.67 bits per heavy atom. The van der Waals surface area contributed by atoms with Crippen LogP contribution in [0.25, 0.3) is 0 Å². The molecule has 1 aromatic rings. The van der Waals surface area contributed by atoms with Crippen LogP contribution in [0.4, 0.5) is 17.6 Å². The van der Waals surface area contributed by atoms with Crippen LogP contribution in [0.2, 0.25) is 0 Å². The fraction of sp³-hybridized carbons (Fsp3) is 0.400. The largest absolute Gasteiger partial charge is 0.416 e. The summed E-state index contributed by atoms with van der Waals surface area (Å²) in [6, 6.07) is 3.16. The van der Waals surface area contributed by atoms with Gasteiger partial charge in [0.1, 0.15) is 6.17 Å². The third-order valence-corrected chi connectivity index (χ3v) is 2.45. The minimum Gasteiger partial charge on any atom is -0.309 e. The van der Waals surface area contributed by atoms with E-state index in [9.17, 15) is 17.6 Å². The first-order valence-electron chi connectivity index (χ1n) is 4.53. The molecule has 1 heterocycles. The van der Waals surface area contributed by atoms with Gasteiger partial charge in [0, 0.05) is 13.1 Å². The van der Waals surface area contributed by atoms with E-state index in [0.29, 0.717) is 17.7 Å². The molecule has 1 unspecified atom stereocenters. The molecule has 1 aliphatic rings. The average molecular weight is 219 g/mol. The van der Waals surface area contributed by atoms with Crippen LogP contribution < -0.4 is 5.32 Å². The van der Waals surface area contributed by atoms with Crippen molar-refractivity contribution in [1.82, 2.24) is 5.32 Å². The predicted octanol–water partition coefficient (Wildman–Crippen LogP) is 2.82. The molecule has 82 valence electrons. The van der Waals surface area contributed by atoms with E-state index in [1.807, 2.05) is 0 Å². The molecule has 0 fully saturated rings. The SMILES string of the molecule is FC1CNCc2cc(C(F)(F)F)ccc21. The lowest BCUT2D eigenvalue weighted by molar-refractivity contribution is -0.137. The molecular weight excluding hydrogens is 210 g/mol. The number of rotatable bonds is 0. The van der Waals surface area contributed by atoms with Crippen molar-refractivity contribution in [1.29, 1.82) is 0 Å². The smallest absolute Gasteiger partial charge is 0.309 e. The van der Waals surface area contributed by atoms with Gasteiger partial charge in [-0.3, -0.25) is 0 Å². The molecule has 2 rings (SSSR count). The zero-order valence-electron chi connectivity index (χ0n) is 7.74. The lowest BCUT2D eigenvalue weighted by Gasteiger charge is -2.21. The highest BCUT2D eigenvalue weighted by atomic mass is 19.4.